The summed E-state index contributed by atoms with van der Waals surface area (Å²) < 4.78 is 10.7. The number of hydrogen-bond acceptors (Lipinski definition) is 3. The molecule has 0 radical (unpaired) electrons. The standard InChI is InChI=1S/C27H32O3/c1-18-11-25(29-2)8-7-20(18)12-19-3-4-22-14-23(6-5-21(22)13-19)24-9-10-27(15-24)16-26(28)30-17-27/h5-8,11,14,19,24H,3-4,9-10,12-13,15-17H2,1-2H3/t19-,24-,27-/m0/s1. The summed E-state index contributed by atoms with van der Waals surface area (Å²) in [5, 5.41) is 0. The number of carbonyl (C=O) groups excluding carboxylic acids is 1. The first kappa shape index (κ1) is 19.7. The number of carbonyl (C=O) groups is 1. The minimum absolute atomic E-state index is 0.000713. The highest BCUT2D eigenvalue weighted by Crippen LogP contribution is 2.51. The summed E-state index contributed by atoms with van der Waals surface area (Å²) in [7, 11) is 1.73. The van der Waals surface area contributed by atoms with E-state index in [0.29, 0.717) is 24.9 Å². The summed E-state index contributed by atoms with van der Waals surface area (Å²) in [5.74, 6) is 2.25. The van der Waals surface area contributed by atoms with Gasteiger partial charge in [-0.15, -0.1) is 0 Å². The van der Waals surface area contributed by atoms with Gasteiger partial charge in [0, 0.05) is 5.41 Å². The molecular formula is C27H32O3. The van der Waals surface area contributed by atoms with Crippen LogP contribution >= 0.6 is 0 Å². The monoisotopic (exact) mass is 404 g/mol. The van der Waals surface area contributed by atoms with Crippen molar-refractivity contribution < 1.29 is 14.3 Å². The third kappa shape index (κ3) is 3.75. The van der Waals surface area contributed by atoms with E-state index in [-0.39, 0.29) is 11.4 Å². The first-order valence-corrected chi connectivity index (χ1v) is 11.4. The average Bonchev–Trinajstić information content (AvgIpc) is 3.34. The Morgan fingerprint density at radius 2 is 2.03 bits per heavy atom. The normalized spacial score (nSPS) is 27.9. The van der Waals surface area contributed by atoms with Crippen LogP contribution < -0.4 is 4.74 Å². The van der Waals surface area contributed by atoms with Crippen LogP contribution in [0.2, 0.25) is 0 Å². The zero-order valence-electron chi connectivity index (χ0n) is 18.2. The molecule has 3 heteroatoms. The third-order valence-corrected chi connectivity index (χ3v) is 7.85. The summed E-state index contributed by atoms with van der Waals surface area (Å²) in [6.07, 6.45) is 8.83. The molecule has 0 bridgehead atoms. The van der Waals surface area contributed by atoms with Crippen LogP contribution in [0.3, 0.4) is 0 Å². The summed E-state index contributed by atoms with van der Waals surface area (Å²) in [6.45, 7) is 2.83. The molecule has 3 nitrogen and oxygen atoms in total. The van der Waals surface area contributed by atoms with Gasteiger partial charge in [0.15, 0.2) is 0 Å². The van der Waals surface area contributed by atoms with Gasteiger partial charge in [-0.3, -0.25) is 4.79 Å². The molecule has 5 rings (SSSR count). The molecule has 0 unspecified atom stereocenters. The number of aryl methyl sites for hydroxylation is 2. The van der Waals surface area contributed by atoms with Crippen molar-refractivity contribution in [3.05, 3.63) is 64.2 Å². The first-order valence-electron chi connectivity index (χ1n) is 11.4. The predicted molar refractivity (Wildman–Crippen MR) is 118 cm³/mol. The fourth-order valence-electron chi connectivity index (χ4n) is 6.04. The maximum absolute atomic E-state index is 11.6. The topological polar surface area (TPSA) is 35.5 Å². The van der Waals surface area contributed by atoms with E-state index in [0.717, 1.165) is 25.0 Å². The van der Waals surface area contributed by atoms with Crippen molar-refractivity contribution in [3.8, 4) is 5.75 Å². The largest absolute Gasteiger partial charge is 0.497 e. The zero-order chi connectivity index (χ0) is 20.7. The van der Waals surface area contributed by atoms with Crippen molar-refractivity contribution in [1.82, 2.24) is 0 Å². The van der Waals surface area contributed by atoms with E-state index in [1.54, 1.807) is 12.7 Å². The molecule has 1 heterocycles. The van der Waals surface area contributed by atoms with Gasteiger partial charge in [0.05, 0.1) is 20.1 Å². The van der Waals surface area contributed by atoms with E-state index >= 15 is 0 Å². The van der Waals surface area contributed by atoms with Crippen LogP contribution in [0.1, 0.15) is 65.8 Å². The van der Waals surface area contributed by atoms with Crippen LogP contribution in [0.25, 0.3) is 0 Å². The Balaban J connectivity index is 1.26. The molecule has 0 amide bonds. The second-order valence-electron chi connectivity index (χ2n) is 9.91. The van der Waals surface area contributed by atoms with E-state index in [4.69, 9.17) is 9.47 Å². The molecule has 3 aliphatic rings. The molecule has 1 spiro atoms. The van der Waals surface area contributed by atoms with Crippen molar-refractivity contribution in [2.45, 2.75) is 64.2 Å². The highest BCUT2D eigenvalue weighted by molar-refractivity contribution is 5.72. The lowest BCUT2D eigenvalue weighted by Gasteiger charge is -2.27. The van der Waals surface area contributed by atoms with Crippen LogP contribution in [0, 0.1) is 18.3 Å². The van der Waals surface area contributed by atoms with E-state index in [1.165, 1.54) is 47.9 Å². The second kappa shape index (κ2) is 7.76. The maximum Gasteiger partial charge on any atom is 0.306 e. The van der Waals surface area contributed by atoms with Gasteiger partial charge in [0.2, 0.25) is 0 Å². The fraction of sp³-hybridized carbons (Fsp3) is 0.519. The molecule has 2 aromatic rings. The molecule has 0 aromatic heterocycles. The van der Waals surface area contributed by atoms with Gasteiger partial charge in [-0.05, 0) is 104 Å². The van der Waals surface area contributed by atoms with Crippen LogP contribution in [0.15, 0.2) is 36.4 Å². The Labute approximate surface area is 179 Å². The number of fused-ring (bicyclic) bond motifs is 1. The average molecular weight is 405 g/mol. The van der Waals surface area contributed by atoms with Crippen LogP contribution in [0.5, 0.6) is 5.75 Å². The number of rotatable bonds is 4. The Bertz CT molecular complexity index is 963. The first-order chi connectivity index (χ1) is 14.5. The Kier molecular flexibility index (Phi) is 5.08. The Hall–Kier alpha value is -2.29. The summed E-state index contributed by atoms with van der Waals surface area (Å²) in [6, 6.07) is 13.7. The second-order valence-corrected chi connectivity index (χ2v) is 9.91. The zero-order valence-corrected chi connectivity index (χ0v) is 18.2. The maximum atomic E-state index is 11.6. The van der Waals surface area contributed by atoms with Crippen molar-refractivity contribution in [1.29, 1.82) is 0 Å². The van der Waals surface area contributed by atoms with E-state index in [9.17, 15) is 4.79 Å². The lowest BCUT2D eigenvalue weighted by Crippen LogP contribution is -2.18. The van der Waals surface area contributed by atoms with Gasteiger partial charge in [-0.2, -0.15) is 0 Å². The predicted octanol–water partition coefficient (Wildman–Crippen LogP) is 5.55. The van der Waals surface area contributed by atoms with Gasteiger partial charge < -0.3 is 9.47 Å². The summed E-state index contributed by atoms with van der Waals surface area (Å²) in [4.78, 5) is 11.6. The molecule has 0 N–H and O–H groups in total. The number of benzene rings is 2. The lowest BCUT2D eigenvalue weighted by molar-refractivity contribution is -0.137. The fourth-order valence-corrected chi connectivity index (χ4v) is 6.04. The van der Waals surface area contributed by atoms with E-state index < -0.39 is 0 Å². The Morgan fingerprint density at radius 3 is 2.80 bits per heavy atom. The smallest absolute Gasteiger partial charge is 0.306 e. The molecule has 1 saturated carbocycles. The van der Waals surface area contributed by atoms with Gasteiger partial charge >= 0.3 is 5.97 Å². The summed E-state index contributed by atoms with van der Waals surface area (Å²) in [5.41, 5.74) is 7.47. The van der Waals surface area contributed by atoms with Gasteiger partial charge in [-0.1, -0.05) is 24.3 Å². The highest BCUT2D eigenvalue weighted by atomic mass is 16.5. The SMILES string of the molecule is COc1ccc(C[C@@H]2CCc3cc([C@H]4CC[C@]5(COC(=O)C5)C4)ccc3C2)c(C)c1. The van der Waals surface area contributed by atoms with Crippen molar-refractivity contribution in [3.63, 3.8) is 0 Å². The van der Waals surface area contributed by atoms with Crippen molar-refractivity contribution in [2.75, 3.05) is 13.7 Å². The molecule has 2 fully saturated rings. The third-order valence-electron chi connectivity index (χ3n) is 7.85. The molecule has 2 aromatic carbocycles. The number of cyclic esters (lactones) is 1. The molecular weight excluding hydrogens is 372 g/mol. The van der Waals surface area contributed by atoms with Gasteiger partial charge in [0.1, 0.15) is 5.75 Å². The highest BCUT2D eigenvalue weighted by Gasteiger charge is 2.46. The van der Waals surface area contributed by atoms with Crippen molar-refractivity contribution in [2.24, 2.45) is 11.3 Å². The quantitative estimate of drug-likeness (QED) is 0.627. The van der Waals surface area contributed by atoms with Crippen molar-refractivity contribution >= 4 is 5.97 Å². The van der Waals surface area contributed by atoms with Crippen LogP contribution in [-0.4, -0.2) is 19.7 Å². The Morgan fingerprint density at radius 1 is 1.13 bits per heavy atom. The van der Waals surface area contributed by atoms with E-state index in [1.807, 2.05) is 0 Å². The number of esters is 1. The summed E-state index contributed by atoms with van der Waals surface area (Å²) >= 11 is 0. The number of ether oxygens (including phenoxy) is 2. The van der Waals surface area contributed by atoms with Gasteiger partial charge in [-0.25, -0.2) is 0 Å². The van der Waals surface area contributed by atoms with Crippen LogP contribution in [0.4, 0.5) is 0 Å². The van der Waals surface area contributed by atoms with Crippen LogP contribution in [-0.2, 0) is 28.8 Å². The van der Waals surface area contributed by atoms with E-state index in [2.05, 4.69) is 43.3 Å². The number of hydrogen-bond donors (Lipinski definition) is 0. The van der Waals surface area contributed by atoms with Gasteiger partial charge in [0.25, 0.3) is 0 Å². The minimum atomic E-state index is -0.000713. The number of methoxy groups -OCH3 is 1. The molecule has 30 heavy (non-hydrogen) atoms. The molecule has 158 valence electrons. The minimum Gasteiger partial charge on any atom is -0.497 e. The molecule has 3 atom stereocenters. The molecule has 1 saturated heterocycles. The molecule has 2 aliphatic carbocycles. The lowest BCUT2D eigenvalue weighted by atomic mass is 9.78. The molecule has 1 aliphatic heterocycles.